The summed E-state index contributed by atoms with van der Waals surface area (Å²) in [6.07, 6.45) is 7.22. The van der Waals surface area contributed by atoms with E-state index in [0.29, 0.717) is 23.7 Å². The van der Waals surface area contributed by atoms with E-state index in [2.05, 4.69) is 42.0 Å². The lowest BCUT2D eigenvalue weighted by atomic mass is 9.95. The van der Waals surface area contributed by atoms with E-state index >= 15 is 0 Å². The third-order valence-corrected chi connectivity index (χ3v) is 7.42. The standard InChI is InChI=1S/C28H32N6O2/c1-5-22-17-23(18(3)33(22)6-2)24-13-16-30-27-25(19-7-9-21(10-8-19)31-28(35)36-4)26(32-34(24)27)20-11-14-29-15-12-20/h7-16,18,22-23H,5-6,17H2,1-4H3,(H,31,35). The van der Waals surface area contributed by atoms with Gasteiger partial charge in [-0.1, -0.05) is 26.0 Å². The monoisotopic (exact) mass is 484 g/mol. The highest BCUT2D eigenvalue weighted by atomic mass is 16.5. The van der Waals surface area contributed by atoms with E-state index in [4.69, 9.17) is 14.8 Å². The van der Waals surface area contributed by atoms with E-state index in [9.17, 15) is 4.79 Å². The van der Waals surface area contributed by atoms with Crippen LogP contribution < -0.4 is 5.32 Å². The van der Waals surface area contributed by atoms with Crippen molar-refractivity contribution in [2.24, 2.45) is 0 Å². The van der Waals surface area contributed by atoms with Gasteiger partial charge in [0, 0.05) is 47.8 Å². The van der Waals surface area contributed by atoms with Crippen molar-refractivity contribution < 1.29 is 9.53 Å². The molecule has 0 bridgehead atoms. The molecule has 3 unspecified atom stereocenters. The molecule has 186 valence electrons. The second-order valence-corrected chi connectivity index (χ2v) is 9.23. The zero-order chi connectivity index (χ0) is 25.2. The largest absolute Gasteiger partial charge is 0.453 e. The predicted octanol–water partition coefficient (Wildman–Crippen LogP) is 5.61. The van der Waals surface area contributed by atoms with Gasteiger partial charge in [0.05, 0.1) is 18.4 Å². The SMILES string of the molecule is CCC1CC(c2ccnc3c(-c4ccc(NC(=O)OC)cc4)c(-c4ccncc4)nn23)C(C)N1CC. The van der Waals surface area contributed by atoms with Gasteiger partial charge in [0.1, 0.15) is 5.69 Å². The van der Waals surface area contributed by atoms with Crippen LogP contribution >= 0.6 is 0 Å². The summed E-state index contributed by atoms with van der Waals surface area (Å²) in [5, 5.41) is 7.85. The number of amides is 1. The summed E-state index contributed by atoms with van der Waals surface area (Å²) < 4.78 is 6.75. The molecule has 8 nitrogen and oxygen atoms in total. The topological polar surface area (TPSA) is 84.6 Å². The summed E-state index contributed by atoms with van der Waals surface area (Å²) in [5.74, 6) is 0.366. The van der Waals surface area contributed by atoms with Gasteiger partial charge in [-0.15, -0.1) is 0 Å². The summed E-state index contributed by atoms with van der Waals surface area (Å²) in [6, 6.07) is 14.7. The zero-order valence-corrected chi connectivity index (χ0v) is 21.2. The number of hydrogen-bond donors (Lipinski definition) is 1. The smallest absolute Gasteiger partial charge is 0.411 e. The number of methoxy groups -OCH3 is 1. The number of likely N-dealkylation sites (tertiary alicyclic amines) is 1. The molecular weight excluding hydrogens is 452 g/mol. The van der Waals surface area contributed by atoms with Crippen LogP contribution in [0.4, 0.5) is 10.5 Å². The number of nitrogens with one attached hydrogen (secondary N) is 1. The summed E-state index contributed by atoms with van der Waals surface area (Å²) in [5.41, 5.74) is 6.43. The van der Waals surface area contributed by atoms with Gasteiger partial charge >= 0.3 is 6.09 Å². The molecule has 3 atom stereocenters. The summed E-state index contributed by atoms with van der Waals surface area (Å²) >= 11 is 0. The summed E-state index contributed by atoms with van der Waals surface area (Å²) in [4.78, 5) is 23.2. The molecule has 0 spiro atoms. The Hall–Kier alpha value is -3.78. The molecule has 1 N–H and O–H groups in total. The van der Waals surface area contributed by atoms with Gasteiger partial charge in [-0.25, -0.2) is 14.3 Å². The van der Waals surface area contributed by atoms with Crippen LogP contribution in [0.3, 0.4) is 0 Å². The Kier molecular flexibility index (Phi) is 6.69. The van der Waals surface area contributed by atoms with E-state index in [1.807, 2.05) is 47.1 Å². The molecule has 1 aliphatic rings. The lowest BCUT2D eigenvalue weighted by Gasteiger charge is -2.27. The maximum Gasteiger partial charge on any atom is 0.411 e. The Morgan fingerprint density at radius 1 is 1.06 bits per heavy atom. The molecule has 1 aliphatic heterocycles. The van der Waals surface area contributed by atoms with Gasteiger partial charge in [-0.05, 0) is 62.2 Å². The Balaban J connectivity index is 1.65. The second-order valence-electron chi connectivity index (χ2n) is 9.23. The van der Waals surface area contributed by atoms with Crippen molar-refractivity contribution in [3.63, 3.8) is 0 Å². The Bertz CT molecular complexity index is 1350. The van der Waals surface area contributed by atoms with Crippen LogP contribution in [0.1, 0.15) is 45.2 Å². The lowest BCUT2D eigenvalue weighted by Crippen LogP contribution is -2.35. The van der Waals surface area contributed by atoms with Gasteiger partial charge in [0.15, 0.2) is 5.65 Å². The maximum absolute atomic E-state index is 11.6. The van der Waals surface area contributed by atoms with E-state index < -0.39 is 6.09 Å². The van der Waals surface area contributed by atoms with Gasteiger partial charge < -0.3 is 4.74 Å². The molecule has 4 aromatic rings. The number of carbonyl (C=O) groups is 1. The fourth-order valence-corrected chi connectivity index (χ4v) is 5.62. The van der Waals surface area contributed by atoms with Crippen molar-refractivity contribution in [1.29, 1.82) is 0 Å². The van der Waals surface area contributed by atoms with Crippen molar-refractivity contribution >= 4 is 17.4 Å². The molecule has 0 radical (unpaired) electrons. The molecule has 36 heavy (non-hydrogen) atoms. The minimum Gasteiger partial charge on any atom is -0.453 e. The second kappa shape index (κ2) is 10.1. The number of carbonyl (C=O) groups excluding carboxylic acids is 1. The highest BCUT2D eigenvalue weighted by Gasteiger charge is 2.39. The van der Waals surface area contributed by atoms with Crippen LogP contribution in [0.2, 0.25) is 0 Å². The highest BCUT2D eigenvalue weighted by Crippen LogP contribution is 2.41. The van der Waals surface area contributed by atoms with Crippen molar-refractivity contribution in [3.05, 3.63) is 66.7 Å². The van der Waals surface area contributed by atoms with Crippen LogP contribution in [-0.4, -0.2) is 56.3 Å². The van der Waals surface area contributed by atoms with E-state index in [1.54, 1.807) is 12.4 Å². The lowest BCUT2D eigenvalue weighted by molar-refractivity contribution is 0.187. The summed E-state index contributed by atoms with van der Waals surface area (Å²) in [6.45, 7) is 7.90. The van der Waals surface area contributed by atoms with Crippen LogP contribution in [0, 0.1) is 0 Å². The molecule has 1 fully saturated rings. The van der Waals surface area contributed by atoms with Gasteiger partial charge in [0.25, 0.3) is 0 Å². The number of anilines is 1. The van der Waals surface area contributed by atoms with E-state index in [-0.39, 0.29) is 0 Å². The molecule has 3 aromatic heterocycles. The van der Waals surface area contributed by atoms with Crippen molar-refractivity contribution in [2.75, 3.05) is 19.0 Å². The van der Waals surface area contributed by atoms with E-state index in [1.165, 1.54) is 12.8 Å². The third kappa shape index (κ3) is 4.22. The first-order valence-corrected chi connectivity index (χ1v) is 12.5. The van der Waals surface area contributed by atoms with Crippen LogP contribution in [0.25, 0.3) is 28.0 Å². The molecule has 1 saturated heterocycles. The molecule has 0 saturated carbocycles. The minimum atomic E-state index is -0.500. The number of nitrogens with zero attached hydrogens (tertiary/aromatic N) is 5. The maximum atomic E-state index is 11.6. The zero-order valence-electron chi connectivity index (χ0n) is 21.2. The average Bonchev–Trinajstić information content (AvgIpc) is 3.47. The highest BCUT2D eigenvalue weighted by molar-refractivity contribution is 5.91. The molecule has 4 heterocycles. The van der Waals surface area contributed by atoms with Crippen LogP contribution in [0.15, 0.2) is 61.1 Å². The third-order valence-electron chi connectivity index (χ3n) is 7.42. The Labute approximate surface area is 211 Å². The Morgan fingerprint density at radius 3 is 2.44 bits per heavy atom. The predicted molar refractivity (Wildman–Crippen MR) is 141 cm³/mol. The van der Waals surface area contributed by atoms with Crippen LogP contribution in [-0.2, 0) is 4.74 Å². The minimum absolute atomic E-state index is 0.366. The molecule has 0 aliphatic carbocycles. The number of rotatable bonds is 6. The number of fused-ring (bicyclic) bond motifs is 1. The molecule has 5 rings (SSSR count). The normalized spacial score (nSPS) is 20.1. The number of likely N-dealkylation sites (N-methyl/N-ethyl adjacent to an activating group) is 1. The van der Waals surface area contributed by atoms with Gasteiger partial charge in [-0.3, -0.25) is 15.2 Å². The fraction of sp³-hybridized carbons (Fsp3) is 0.357. The number of aromatic nitrogens is 4. The fourth-order valence-electron chi connectivity index (χ4n) is 5.62. The molecule has 1 aromatic carbocycles. The Morgan fingerprint density at radius 2 is 1.81 bits per heavy atom. The van der Waals surface area contributed by atoms with Crippen molar-refractivity contribution in [2.45, 2.75) is 51.6 Å². The van der Waals surface area contributed by atoms with Gasteiger partial charge in [0.2, 0.25) is 0 Å². The number of pyridine rings is 1. The van der Waals surface area contributed by atoms with Crippen molar-refractivity contribution in [1.82, 2.24) is 24.5 Å². The quantitative estimate of drug-likeness (QED) is 0.383. The average molecular weight is 485 g/mol. The molecule has 8 heteroatoms. The number of ether oxygens (including phenoxy) is 1. The molecule has 1 amide bonds. The van der Waals surface area contributed by atoms with Crippen molar-refractivity contribution in [3.8, 4) is 22.4 Å². The van der Waals surface area contributed by atoms with E-state index in [0.717, 1.165) is 47.4 Å². The molecular formula is C28H32N6O2. The first-order chi connectivity index (χ1) is 17.5. The number of hydrogen-bond acceptors (Lipinski definition) is 6. The van der Waals surface area contributed by atoms with Gasteiger partial charge in [-0.2, -0.15) is 5.10 Å². The van der Waals surface area contributed by atoms with Crippen LogP contribution in [0.5, 0.6) is 0 Å². The first-order valence-electron chi connectivity index (χ1n) is 12.5. The first kappa shape index (κ1) is 23.9. The number of benzene rings is 1. The summed E-state index contributed by atoms with van der Waals surface area (Å²) in [7, 11) is 1.35.